The van der Waals surface area contributed by atoms with Gasteiger partial charge in [0.25, 0.3) is 5.91 Å². The number of amides is 3. The van der Waals surface area contributed by atoms with Gasteiger partial charge in [0.1, 0.15) is 5.69 Å². The van der Waals surface area contributed by atoms with Crippen molar-refractivity contribution in [3.8, 4) is 11.5 Å². The van der Waals surface area contributed by atoms with Crippen molar-refractivity contribution in [3.05, 3.63) is 52.5 Å². The summed E-state index contributed by atoms with van der Waals surface area (Å²) in [6.07, 6.45) is -1.88. The highest BCUT2D eigenvalue weighted by molar-refractivity contribution is 5.94. The van der Waals surface area contributed by atoms with Crippen LogP contribution < -0.4 is 20.1 Å². The van der Waals surface area contributed by atoms with E-state index in [9.17, 15) is 27.6 Å². The molecule has 0 saturated carbocycles. The SMILES string of the molecule is COc1cc2cc(c1OC)CCCNC(=O)C[C@@H]1CC[C@H](CNC(=O)CC2)N1C(=O)c1cc2nc(C)cc(C(F)(F)F)n2n1. The van der Waals surface area contributed by atoms with E-state index in [-0.39, 0.29) is 48.2 Å². The van der Waals surface area contributed by atoms with Gasteiger partial charge in [-0.15, -0.1) is 0 Å². The van der Waals surface area contributed by atoms with E-state index in [1.165, 1.54) is 17.9 Å². The molecule has 0 radical (unpaired) electrons. The minimum Gasteiger partial charge on any atom is -0.493 e. The number of nitrogens with one attached hydrogen (secondary N) is 2. The van der Waals surface area contributed by atoms with Crippen molar-refractivity contribution >= 4 is 23.4 Å². The van der Waals surface area contributed by atoms with Crippen LogP contribution in [0.5, 0.6) is 11.5 Å². The summed E-state index contributed by atoms with van der Waals surface area (Å²) in [7, 11) is 3.11. The van der Waals surface area contributed by atoms with Crippen LogP contribution in [-0.2, 0) is 28.6 Å². The molecule has 0 unspecified atom stereocenters. The van der Waals surface area contributed by atoms with E-state index >= 15 is 0 Å². The summed E-state index contributed by atoms with van der Waals surface area (Å²) in [5.41, 5.74) is 0.562. The van der Waals surface area contributed by atoms with Gasteiger partial charge >= 0.3 is 6.18 Å². The average molecular weight is 617 g/mol. The minimum atomic E-state index is -4.71. The van der Waals surface area contributed by atoms with Crippen molar-refractivity contribution in [3.63, 3.8) is 0 Å². The number of methoxy groups -OCH3 is 2. The zero-order valence-electron chi connectivity index (χ0n) is 24.8. The predicted octanol–water partition coefficient (Wildman–Crippen LogP) is 3.25. The molecule has 2 N–H and O–H groups in total. The van der Waals surface area contributed by atoms with Gasteiger partial charge in [-0.1, -0.05) is 6.07 Å². The molecule has 0 aliphatic carbocycles. The molecule has 2 aliphatic rings. The monoisotopic (exact) mass is 616 g/mol. The molecular weight excluding hydrogens is 581 g/mol. The lowest BCUT2D eigenvalue weighted by atomic mass is 10.0. The molecule has 11 nitrogen and oxygen atoms in total. The molecule has 44 heavy (non-hydrogen) atoms. The summed E-state index contributed by atoms with van der Waals surface area (Å²) < 4.78 is 52.9. The highest BCUT2D eigenvalue weighted by Gasteiger charge is 2.40. The standard InChI is InChI=1S/C30H35F3N6O5/c1-17-11-24(30(31,32)33)39-25(36-17)15-22(37-39)29(42)38-20-7-8-21(38)16-35-26(40)9-6-18-12-19(5-4-10-34-27(41)14-20)28(44-3)23(13-18)43-2/h11-13,15,20-21H,4-10,14,16H2,1-3H3,(H,34,41)(H,35,40)/t20-,21+/m0/s1. The van der Waals surface area contributed by atoms with Crippen LogP contribution >= 0.6 is 0 Å². The molecule has 2 aliphatic heterocycles. The van der Waals surface area contributed by atoms with E-state index in [0.717, 1.165) is 17.2 Å². The third kappa shape index (κ3) is 6.58. The summed E-state index contributed by atoms with van der Waals surface area (Å²) in [5, 5.41) is 9.81. The first kappa shape index (κ1) is 31.1. The van der Waals surface area contributed by atoms with Crippen molar-refractivity contribution in [2.45, 2.75) is 70.1 Å². The Morgan fingerprint density at radius 3 is 2.48 bits per heavy atom. The fourth-order valence-electron chi connectivity index (χ4n) is 6.04. The van der Waals surface area contributed by atoms with Crippen LogP contribution in [0.2, 0.25) is 0 Å². The number of carbonyl (C=O) groups is 3. The molecule has 3 aromatic rings. The molecule has 2 aromatic heterocycles. The van der Waals surface area contributed by atoms with E-state index in [4.69, 9.17) is 9.47 Å². The van der Waals surface area contributed by atoms with Gasteiger partial charge in [0, 0.05) is 49.8 Å². The second-order valence-electron chi connectivity index (χ2n) is 11.1. The molecule has 4 bridgehead atoms. The summed E-state index contributed by atoms with van der Waals surface area (Å²) in [5.74, 6) is 0.0710. The number of hydrogen-bond acceptors (Lipinski definition) is 7. The minimum absolute atomic E-state index is 0.00134. The van der Waals surface area contributed by atoms with Crippen molar-refractivity contribution in [2.75, 3.05) is 27.3 Å². The highest BCUT2D eigenvalue weighted by Crippen LogP contribution is 2.34. The zero-order valence-corrected chi connectivity index (χ0v) is 24.8. The first-order valence-electron chi connectivity index (χ1n) is 14.5. The second-order valence-corrected chi connectivity index (χ2v) is 11.1. The van der Waals surface area contributed by atoms with Crippen molar-refractivity contribution in [1.29, 1.82) is 0 Å². The topological polar surface area (TPSA) is 127 Å². The van der Waals surface area contributed by atoms with Crippen molar-refractivity contribution in [2.24, 2.45) is 0 Å². The maximum absolute atomic E-state index is 13.8. The number of aromatic nitrogens is 3. The van der Waals surface area contributed by atoms with E-state index < -0.39 is 29.9 Å². The summed E-state index contributed by atoms with van der Waals surface area (Å²) in [6, 6.07) is 4.90. The van der Waals surface area contributed by atoms with Gasteiger partial charge in [0.05, 0.1) is 14.2 Å². The number of aryl methyl sites for hydroxylation is 3. The number of benzene rings is 1. The molecule has 14 heteroatoms. The van der Waals surface area contributed by atoms with Crippen LogP contribution in [-0.4, -0.2) is 76.6 Å². The van der Waals surface area contributed by atoms with Crippen molar-refractivity contribution in [1.82, 2.24) is 30.1 Å². The summed E-state index contributed by atoms with van der Waals surface area (Å²) in [6.45, 7) is 1.94. The Morgan fingerprint density at radius 2 is 1.75 bits per heavy atom. The number of ether oxygens (including phenoxy) is 2. The molecule has 2 atom stereocenters. The normalized spacial score (nSPS) is 20.2. The smallest absolute Gasteiger partial charge is 0.433 e. The number of carbonyl (C=O) groups excluding carboxylic acids is 3. The Hall–Kier alpha value is -4.36. The predicted molar refractivity (Wildman–Crippen MR) is 153 cm³/mol. The first-order chi connectivity index (χ1) is 21.0. The third-order valence-electron chi connectivity index (χ3n) is 8.08. The molecule has 5 rings (SSSR count). The number of rotatable bonds is 3. The van der Waals surface area contributed by atoms with Gasteiger partial charge in [-0.05, 0) is 62.3 Å². The molecule has 1 fully saturated rings. The number of halogens is 3. The van der Waals surface area contributed by atoms with E-state index in [1.807, 2.05) is 12.1 Å². The molecule has 1 saturated heterocycles. The highest BCUT2D eigenvalue weighted by atomic mass is 19.4. The summed E-state index contributed by atoms with van der Waals surface area (Å²) in [4.78, 5) is 45.3. The van der Waals surface area contributed by atoms with E-state index in [2.05, 4.69) is 20.7 Å². The van der Waals surface area contributed by atoms with E-state index in [0.29, 0.717) is 54.7 Å². The molecule has 4 heterocycles. The third-order valence-corrected chi connectivity index (χ3v) is 8.08. The van der Waals surface area contributed by atoms with Gasteiger partial charge in [0.15, 0.2) is 22.8 Å². The van der Waals surface area contributed by atoms with Gasteiger partial charge in [-0.3, -0.25) is 14.4 Å². The average Bonchev–Trinajstić information content (AvgIpc) is 3.59. The Balaban J connectivity index is 1.41. The lowest BCUT2D eigenvalue weighted by molar-refractivity contribution is -0.142. The Labute approximate surface area is 252 Å². The quantitative estimate of drug-likeness (QED) is 0.463. The van der Waals surface area contributed by atoms with Crippen LogP contribution in [0.15, 0.2) is 24.3 Å². The Kier molecular flexibility index (Phi) is 8.97. The van der Waals surface area contributed by atoms with Crippen molar-refractivity contribution < 1.29 is 37.0 Å². The van der Waals surface area contributed by atoms with Crippen LogP contribution in [0, 0.1) is 6.92 Å². The second kappa shape index (κ2) is 12.7. The molecule has 0 spiro atoms. The van der Waals surface area contributed by atoms with Crippen LogP contribution in [0.1, 0.15) is 65.1 Å². The van der Waals surface area contributed by atoms with Gasteiger partial charge in [0.2, 0.25) is 11.8 Å². The van der Waals surface area contributed by atoms with E-state index in [1.54, 1.807) is 14.2 Å². The molecule has 1 aromatic carbocycles. The number of fused-ring (bicyclic) bond motifs is 5. The largest absolute Gasteiger partial charge is 0.493 e. The van der Waals surface area contributed by atoms with Crippen LogP contribution in [0.25, 0.3) is 5.65 Å². The lowest BCUT2D eigenvalue weighted by Gasteiger charge is -2.30. The number of hydrogen-bond donors (Lipinski definition) is 2. The first-order valence-corrected chi connectivity index (χ1v) is 14.5. The zero-order chi connectivity index (χ0) is 31.6. The maximum Gasteiger partial charge on any atom is 0.433 e. The molecule has 236 valence electrons. The van der Waals surface area contributed by atoms with Gasteiger partial charge in [-0.25, -0.2) is 9.50 Å². The van der Waals surface area contributed by atoms with Crippen LogP contribution in [0.4, 0.5) is 13.2 Å². The Bertz CT molecular complexity index is 1570. The molecule has 3 amide bonds. The number of alkyl halides is 3. The fraction of sp³-hybridized carbons (Fsp3) is 0.500. The maximum atomic E-state index is 13.8. The Morgan fingerprint density at radius 1 is 0.977 bits per heavy atom. The van der Waals surface area contributed by atoms with Gasteiger partial charge in [-0.2, -0.15) is 18.3 Å². The lowest BCUT2D eigenvalue weighted by Crippen LogP contribution is -2.48. The van der Waals surface area contributed by atoms with Gasteiger partial charge < -0.3 is 25.0 Å². The summed E-state index contributed by atoms with van der Waals surface area (Å²) >= 11 is 0. The molecular formula is C30H35F3N6O5. The van der Waals surface area contributed by atoms with Crippen LogP contribution in [0.3, 0.4) is 0 Å². The fourth-order valence-corrected chi connectivity index (χ4v) is 6.04. The number of nitrogens with zero attached hydrogens (tertiary/aromatic N) is 4.